The van der Waals surface area contributed by atoms with Gasteiger partial charge in [-0.15, -0.1) is 0 Å². The summed E-state index contributed by atoms with van der Waals surface area (Å²) in [5.74, 6) is 0.247. The summed E-state index contributed by atoms with van der Waals surface area (Å²) in [7, 11) is -3.41. The normalized spacial score (nSPS) is 23.4. The molecule has 0 saturated carbocycles. The molecule has 1 saturated heterocycles. The second-order valence-electron chi connectivity index (χ2n) is 6.03. The highest BCUT2D eigenvalue weighted by atomic mass is 32.2. The van der Waals surface area contributed by atoms with Crippen molar-refractivity contribution < 1.29 is 17.9 Å². The first kappa shape index (κ1) is 17.7. The number of hydrogen-bond donors (Lipinski definition) is 1. The van der Waals surface area contributed by atoms with Gasteiger partial charge in [-0.25, -0.2) is 13.4 Å². The van der Waals surface area contributed by atoms with Crippen molar-refractivity contribution in [3.63, 3.8) is 0 Å². The second-order valence-corrected chi connectivity index (χ2v) is 8.39. The lowest BCUT2D eigenvalue weighted by Crippen LogP contribution is -2.45. The Hall–Kier alpha value is -1.67. The first-order valence-corrected chi connectivity index (χ1v) is 9.48. The van der Waals surface area contributed by atoms with Gasteiger partial charge in [-0.05, 0) is 32.9 Å². The van der Waals surface area contributed by atoms with Gasteiger partial charge < -0.3 is 15.0 Å². The number of nitrogens with one attached hydrogen (secondary N) is 1. The monoisotopic (exact) mass is 341 g/mol. The van der Waals surface area contributed by atoms with Crippen molar-refractivity contribution in [1.82, 2.24) is 4.98 Å². The Labute approximate surface area is 137 Å². The number of pyridine rings is 1. The fourth-order valence-corrected chi connectivity index (χ4v) is 2.90. The minimum atomic E-state index is -3.41. The van der Waals surface area contributed by atoms with E-state index in [2.05, 4.69) is 15.2 Å². The summed E-state index contributed by atoms with van der Waals surface area (Å²) in [5.41, 5.74) is 0.476. The highest BCUT2D eigenvalue weighted by Gasteiger charge is 2.25. The number of anilines is 2. The van der Waals surface area contributed by atoms with Crippen molar-refractivity contribution in [1.29, 1.82) is 0 Å². The van der Waals surface area contributed by atoms with Gasteiger partial charge in [-0.2, -0.15) is 0 Å². The van der Waals surface area contributed by atoms with E-state index < -0.39 is 21.0 Å². The predicted molar refractivity (Wildman–Crippen MR) is 89.4 cm³/mol. The van der Waals surface area contributed by atoms with Gasteiger partial charge in [0.2, 0.25) is 5.91 Å². The molecule has 2 heterocycles. The lowest BCUT2D eigenvalue weighted by Gasteiger charge is -2.36. The van der Waals surface area contributed by atoms with Gasteiger partial charge >= 0.3 is 0 Å². The van der Waals surface area contributed by atoms with Crippen LogP contribution in [0, 0.1) is 0 Å². The van der Waals surface area contributed by atoms with E-state index in [0.717, 1.165) is 25.2 Å². The highest BCUT2D eigenvalue weighted by Crippen LogP contribution is 2.19. The number of amides is 1. The molecular formula is C15H23N3O4S. The van der Waals surface area contributed by atoms with Crippen molar-refractivity contribution in [3.8, 4) is 0 Å². The summed E-state index contributed by atoms with van der Waals surface area (Å²) in [6.07, 6.45) is 2.85. The number of carbonyl (C=O) groups is 1. The highest BCUT2D eigenvalue weighted by molar-refractivity contribution is 7.92. The van der Waals surface area contributed by atoms with Gasteiger partial charge in [-0.3, -0.25) is 4.79 Å². The SMILES string of the molecule is C[C@@H]1CN(c2ccc(NC(=O)[C@@H](C)S(C)(=O)=O)cn2)C[C@H](C)O1. The molecule has 2 rings (SSSR count). The Bertz CT molecular complexity index is 650. The van der Waals surface area contributed by atoms with Crippen LogP contribution in [0.15, 0.2) is 18.3 Å². The van der Waals surface area contributed by atoms with Crippen LogP contribution >= 0.6 is 0 Å². The molecule has 0 spiro atoms. The number of ether oxygens (including phenoxy) is 1. The molecule has 1 aromatic rings. The second kappa shape index (κ2) is 6.84. The molecular weight excluding hydrogens is 318 g/mol. The molecule has 3 atom stereocenters. The quantitative estimate of drug-likeness (QED) is 0.881. The molecule has 23 heavy (non-hydrogen) atoms. The minimum Gasteiger partial charge on any atom is -0.372 e. The van der Waals surface area contributed by atoms with E-state index in [1.807, 2.05) is 19.9 Å². The lowest BCUT2D eigenvalue weighted by molar-refractivity contribution is -0.115. The third kappa shape index (κ3) is 4.65. The van der Waals surface area contributed by atoms with Crippen LogP contribution in [-0.2, 0) is 19.4 Å². The summed E-state index contributed by atoms with van der Waals surface area (Å²) in [4.78, 5) is 18.4. The minimum absolute atomic E-state index is 0.135. The Kier molecular flexibility index (Phi) is 5.26. The largest absolute Gasteiger partial charge is 0.372 e. The summed E-state index contributed by atoms with van der Waals surface area (Å²) < 4.78 is 28.5. The number of aromatic nitrogens is 1. The lowest BCUT2D eigenvalue weighted by atomic mass is 10.2. The van der Waals surface area contributed by atoms with Crippen molar-refractivity contribution in [3.05, 3.63) is 18.3 Å². The maximum atomic E-state index is 11.9. The maximum absolute atomic E-state index is 11.9. The van der Waals surface area contributed by atoms with E-state index in [1.54, 1.807) is 6.07 Å². The number of carbonyl (C=O) groups excluding carboxylic acids is 1. The molecule has 1 aliphatic rings. The standard InChI is InChI=1S/C15H23N3O4S/c1-10-8-18(9-11(2)22-10)14-6-5-13(7-16-14)17-15(19)12(3)23(4,20)21/h5-7,10-12H,8-9H2,1-4H3,(H,17,19)/t10-,11+,12-/m1/s1. The molecule has 7 nitrogen and oxygen atoms in total. The summed E-state index contributed by atoms with van der Waals surface area (Å²) in [6.45, 7) is 6.92. The molecule has 1 aliphatic heterocycles. The number of rotatable bonds is 4. The smallest absolute Gasteiger partial charge is 0.242 e. The summed E-state index contributed by atoms with van der Waals surface area (Å²) >= 11 is 0. The first-order chi connectivity index (χ1) is 10.7. The zero-order valence-corrected chi connectivity index (χ0v) is 14.6. The summed E-state index contributed by atoms with van der Waals surface area (Å²) in [6, 6.07) is 3.53. The molecule has 128 valence electrons. The molecule has 1 aromatic heterocycles. The van der Waals surface area contributed by atoms with E-state index in [9.17, 15) is 13.2 Å². The van der Waals surface area contributed by atoms with Crippen molar-refractivity contribution in [2.24, 2.45) is 0 Å². The average molecular weight is 341 g/mol. The number of hydrogen-bond acceptors (Lipinski definition) is 6. The number of nitrogens with zero attached hydrogens (tertiary/aromatic N) is 2. The molecule has 0 aliphatic carbocycles. The Morgan fingerprint density at radius 1 is 1.35 bits per heavy atom. The van der Waals surface area contributed by atoms with Gasteiger partial charge in [0.1, 0.15) is 11.1 Å². The third-order valence-corrected chi connectivity index (χ3v) is 5.27. The predicted octanol–water partition coefficient (Wildman–Crippen LogP) is 1.07. The molecule has 0 unspecified atom stereocenters. The van der Waals surface area contributed by atoms with E-state index in [-0.39, 0.29) is 12.2 Å². The van der Waals surface area contributed by atoms with Crippen LogP contribution in [0.4, 0.5) is 11.5 Å². The third-order valence-electron chi connectivity index (χ3n) is 3.77. The Morgan fingerprint density at radius 2 is 1.96 bits per heavy atom. The van der Waals surface area contributed by atoms with Crippen LogP contribution in [0.5, 0.6) is 0 Å². The topological polar surface area (TPSA) is 88.6 Å². The molecule has 0 bridgehead atoms. The average Bonchev–Trinajstić information content (AvgIpc) is 2.45. The Balaban J connectivity index is 2.04. The van der Waals surface area contributed by atoms with E-state index >= 15 is 0 Å². The van der Waals surface area contributed by atoms with Gasteiger partial charge in [0.15, 0.2) is 9.84 Å². The van der Waals surface area contributed by atoms with E-state index in [1.165, 1.54) is 13.1 Å². The zero-order valence-electron chi connectivity index (χ0n) is 13.8. The number of sulfone groups is 1. The van der Waals surface area contributed by atoms with Gasteiger partial charge in [-0.1, -0.05) is 0 Å². The van der Waals surface area contributed by atoms with Crippen molar-refractivity contribution in [2.75, 3.05) is 29.6 Å². The Morgan fingerprint density at radius 3 is 2.43 bits per heavy atom. The van der Waals surface area contributed by atoms with Gasteiger partial charge in [0.05, 0.1) is 24.1 Å². The molecule has 0 aromatic carbocycles. The fourth-order valence-electron chi connectivity index (χ4n) is 2.45. The van der Waals surface area contributed by atoms with Crippen LogP contribution in [0.2, 0.25) is 0 Å². The van der Waals surface area contributed by atoms with E-state index in [4.69, 9.17) is 4.74 Å². The number of morpholine rings is 1. The van der Waals surface area contributed by atoms with Crippen molar-refractivity contribution >= 4 is 27.2 Å². The zero-order chi connectivity index (χ0) is 17.2. The summed E-state index contributed by atoms with van der Waals surface area (Å²) in [5, 5.41) is 1.48. The van der Waals surface area contributed by atoms with E-state index in [0.29, 0.717) is 5.69 Å². The van der Waals surface area contributed by atoms with Crippen LogP contribution in [0.25, 0.3) is 0 Å². The molecule has 1 fully saturated rings. The molecule has 8 heteroatoms. The molecule has 0 radical (unpaired) electrons. The maximum Gasteiger partial charge on any atom is 0.242 e. The van der Waals surface area contributed by atoms with Crippen LogP contribution in [-0.4, -0.2) is 56.1 Å². The van der Waals surface area contributed by atoms with Crippen LogP contribution in [0.3, 0.4) is 0 Å². The fraction of sp³-hybridized carbons (Fsp3) is 0.600. The van der Waals surface area contributed by atoms with Crippen molar-refractivity contribution in [2.45, 2.75) is 38.2 Å². The molecule has 1 amide bonds. The molecule has 1 N–H and O–H groups in total. The first-order valence-electron chi connectivity index (χ1n) is 7.53. The van der Waals surface area contributed by atoms with Gasteiger partial charge in [0, 0.05) is 19.3 Å². The van der Waals surface area contributed by atoms with Crippen LogP contribution in [0.1, 0.15) is 20.8 Å². The van der Waals surface area contributed by atoms with Gasteiger partial charge in [0.25, 0.3) is 0 Å². The van der Waals surface area contributed by atoms with Crippen LogP contribution < -0.4 is 10.2 Å².